The van der Waals surface area contributed by atoms with Crippen molar-refractivity contribution >= 4 is 0 Å². The highest BCUT2D eigenvalue weighted by Crippen LogP contribution is 2.29. The van der Waals surface area contributed by atoms with Crippen molar-refractivity contribution in [3.8, 4) is 0 Å². The van der Waals surface area contributed by atoms with E-state index in [2.05, 4.69) is 5.32 Å². The van der Waals surface area contributed by atoms with Gasteiger partial charge in [0.2, 0.25) is 0 Å². The molecule has 2 heterocycles. The van der Waals surface area contributed by atoms with Crippen molar-refractivity contribution in [1.29, 1.82) is 0 Å². The summed E-state index contributed by atoms with van der Waals surface area (Å²) in [5.74, 6) is 0. The van der Waals surface area contributed by atoms with Gasteiger partial charge in [0.25, 0.3) is 0 Å². The van der Waals surface area contributed by atoms with Gasteiger partial charge in [0.05, 0.1) is 12.6 Å². The summed E-state index contributed by atoms with van der Waals surface area (Å²) >= 11 is 0. The number of ether oxygens (including phenoxy) is 4. The number of likely N-dealkylation sites (N-methyl/N-ethyl adjacent to an activating group) is 1. The van der Waals surface area contributed by atoms with Crippen molar-refractivity contribution in [3.63, 3.8) is 0 Å². The fourth-order valence-electron chi connectivity index (χ4n) is 2.15. The Morgan fingerprint density at radius 3 is 2.73 bits per heavy atom. The Morgan fingerprint density at radius 2 is 2.13 bits per heavy atom. The predicted octanol–water partition coefficient (Wildman–Crippen LogP) is -1.32. The van der Waals surface area contributed by atoms with E-state index in [0.29, 0.717) is 0 Å². The SMILES string of the molecule is CNC1C2OCO[C@@H]2C(CO)O[C@H]1OC. The first-order valence-corrected chi connectivity index (χ1v) is 5.01. The van der Waals surface area contributed by atoms with Crippen LogP contribution in [0.25, 0.3) is 0 Å². The Hall–Kier alpha value is -0.240. The van der Waals surface area contributed by atoms with Crippen LogP contribution in [0.3, 0.4) is 0 Å². The number of aliphatic hydroxyl groups excluding tert-OH is 1. The van der Waals surface area contributed by atoms with Crippen molar-refractivity contribution in [2.75, 3.05) is 27.6 Å². The average molecular weight is 219 g/mol. The van der Waals surface area contributed by atoms with E-state index in [9.17, 15) is 5.11 Å². The number of fused-ring (bicyclic) bond motifs is 1. The molecule has 88 valence electrons. The van der Waals surface area contributed by atoms with E-state index < -0.39 is 6.29 Å². The lowest BCUT2D eigenvalue weighted by Crippen LogP contribution is -2.62. The highest BCUT2D eigenvalue weighted by Gasteiger charge is 2.49. The molecular formula is C9H17NO5. The van der Waals surface area contributed by atoms with E-state index in [1.165, 1.54) is 0 Å². The molecule has 0 saturated carbocycles. The number of nitrogens with one attached hydrogen (secondary N) is 1. The first-order valence-electron chi connectivity index (χ1n) is 5.01. The number of methoxy groups -OCH3 is 1. The summed E-state index contributed by atoms with van der Waals surface area (Å²) in [5, 5.41) is 12.3. The molecule has 0 aromatic rings. The molecule has 0 radical (unpaired) electrons. The minimum atomic E-state index is -0.421. The van der Waals surface area contributed by atoms with Gasteiger partial charge < -0.3 is 29.4 Å². The first-order chi connectivity index (χ1) is 7.31. The van der Waals surface area contributed by atoms with Gasteiger partial charge in [0.1, 0.15) is 25.1 Å². The standard InChI is InChI=1S/C9H17NO5/c1-10-6-8-7(13-4-14-8)5(3-11)15-9(6)12-2/h5-11H,3-4H2,1-2H3/t5?,6?,7-,8?,9-/m1/s1. The number of hydrogen-bond donors (Lipinski definition) is 2. The predicted molar refractivity (Wildman–Crippen MR) is 50.2 cm³/mol. The van der Waals surface area contributed by atoms with Crippen molar-refractivity contribution < 1.29 is 24.1 Å². The maximum absolute atomic E-state index is 9.17. The van der Waals surface area contributed by atoms with Crippen LogP contribution in [-0.4, -0.2) is 63.3 Å². The summed E-state index contributed by atoms with van der Waals surface area (Å²) < 4.78 is 21.6. The lowest BCUT2D eigenvalue weighted by atomic mass is 9.97. The third-order valence-corrected chi connectivity index (χ3v) is 2.91. The normalized spacial score (nSPS) is 45.4. The van der Waals surface area contributed by atoms with Crippen molar-refractivity contribution in [2.24, 2.45) is 0 Å². The monoisotopic (exact) mass is 219 g/mol. The summed E-state index contributed by atoms with van der Waals surface area (Å²) in [4.78, 5) is 0. The molecule has 5 atom stereocenters. The summed E-state index contributed by atoms with van der Waals surface area (Å²) in [5.41, 5.74) is 0. The van der Waals surface area contributed by atoms with E-state index in [4.69, 9.17) is 18.9 Å². The molecule has 0 bridgehead atoms. The van der Waals surface area contributed by atoms with Gasteiger partial charge in [-0.25, -0.2) is 0 Å². The second-order valence-electron chi connectivity index (χ2n) is 3.66. The maximum Gasteiger partial charge on any atom is 0.175 e. The van der Waals surface area contributed by atoms with Gasteiger partial charge in [-0.1, -0.05) is 0 Å². The molecule has 2 N–H and O–H groups in total. The molecule has 6 heteroatoms. The summed E-state index contributed by atoms with van der Waals surface area (Å²) in [6, 6.07) is -0.0784. The minimum Gasteiger partial charge on any atom is -0.394 e. The first kappa shape index (κ1) is 11.3. The highest BCUT2D eigenvalue weighted by molar-refractivity contribution is 4.96. The largest absolute Gasteiger partial charge is 0.394 e. The zero-order valence-corrected chi connectivity index (χ0v) is 8.88. The molecule has 15 heavy (non-hydrogen) atoms. The number of rotatable bonds is 3. The van der Waals surface area contributed by atoms with Crippen LogP contribution in [-0.2, 0) is 18.9 Å². The maximum atomic E-state index is 9.17. The lowest BCUT2D eigenvalue weighted by Gasteiger charge is -2.40. The van der Waals surface area contributed by atoms with Crippen molar-refractivity contribution in [1.82, 2.24) is 5.32 Å². The van der Waals surface area contributed by atoms with Crippen LogP contribution >= 0.6 is 0 Å². The molecule has 2 fully saturated rings. The second-order valence-corrected chi connectivity index (χ2v) is 3.66. The fourth-order valence-corrected chi connectivity index (χ4v) is 2.15. The average Bonchev–Trinajstić information content (AvgIpc) is 2.75. The van der Waals surface area contributed by atoms with E-state index in [1.807, 2.05) is 7.05 Å². The van der Waals surface area contributed by atoms with Crippen LogP contribution in [0, 0.1) is 0 Å². The van der Waals surface area contributed by atoms with E-state index in [1.54, 1.807) is 7.11 Å². The molecule has 3 unspecified atom stereocenters. The fraction of sp³-hybridized carbons (Fsp3) is 1.00. The van der Waals surface area contributed by atoms with Gasteiger partial charge in [-0.15, -0.1) is 0 Å². The third-order valence-electron chi connectivity index (χ3n) is 2.91. The topological polar surface area (TPSA) is 69.2 Å². The molecule has 2 rings (SSSR count). The van der Waals surface area contributed by atoms with Crippen molar-refractivity contribution in [2.45, 2.75) is 30.6 Å². The summed E-state index contributed by atoms with van der Waals surface area (Å²) in [6.07, 6.45) is -1.16. The van der Waals surface area contributed by atoms with Gasteiger partial charge in [0, 0.05) is 7.11 Å². The zero-order chi connectivity index (χ0) is 10.8. The number of hydrogen-bond acceptors (Lipinski definition) is 6. The van der Waals surface area contributed by atoms with E-state index in [0.717, 1.165) is 0 Å². The summed E-state index contributed by atoms with van der Waals surface area (Å²) in [7, 11) is 3.39. The molecule has 0 aromatic heterocycles. The Bertz CT molecular complexity index is 215. The molecule has 0 amide bonds. The molecule has 2 saturated heterocycles. The molecule has 2 aliphatic rings. The Labute approximate surface area is 88.4 Å². The molecule has 0 spiro atoms. The minimum absolute atomic E-state index is 0.0784. The molecule has 0 aliphatic carbocycles. The van der Waals surface area contributed by atoms with Crippen LogP contribution < -0.4 is 5.32 Å². The van der Waals surface area contributed by atoms with Gasteiger partial charge in [0.15, 0.2) is 6.29 Å². The Balaban J connectivity index is 2.13. The van der Waals surface area contributed by atoms with Crippen LogP contribution in [0.1, 0.15) is 0 Å². The van der Waals surface area contributed by atoms with Crippen molar-refractivity contribution in [3.05, 3.63) is 0 Å². The van der Waals surface area contributed by atoms with Crippen LogP contribution in [0.15, 0.2) is 0 Å². The zero-order valence-electron chi connectivity index (χ0n) is 8.88. The second kappa shape index (κ2) is 4.73. The molecule has 0 aromatic carbocycles. The smallest absolute Gasteiger partial charge is 0.175 e. The lowest BCUT2D eigenvalue weighted by molar-refractivity contribution is -0.241. The van der Waals surface area contributed by atoms with Crippen LogP contribution in [0.4, 0.5) is 0 Å². The summed E-state index contributed by atoms with van der Waals surface area (Å²) in [6.45, 7) is 0.143. The van der Waals surface area contributed by atoms with Crippen LogP contribution in [0.2, 0.25) is 0 Å². The molecule has 6 nitrogen and oxygen atoms in total. The Kier molecular flexibility index (Phi) is 3.55. The quantitative estimate of drug-likeness (QED) is 0.613. The number of aliphatic hydroxyl groups is 1. The third kappa shape index (κ3) is 1.89. The van der Waals surface area contributed by atoms with Gasteiger partial charge in [-0.3, -0.25) is 0 Å². The van der Waals surface area contributed by atoms with E-state index in [-0.39, 0.29) is 37.8 Å². The van der Waals surface area contributed by atoms with Gasteiger partial charge in [-0.2, -0.15) is 0 Å². The van der Waals surface area contributed by atoms with E-state index >= 15 is 0 Å². The van der Waals surface area contributed by atoms with Crippen LogP contribution in [0.5, 0.6) is 0 Å². The highest BCUT2D eigenvalue weighted by atomic mass is 16.7. The Morgan fingerprint density at radius 1 is 1.40 bits per heavy atom. The van der Waals surface area contributed by atoms with Gasteiger partial charge in [-0.05, 0) is 7.05 Å². The van der Waals surface area contributed by atoms with Gasteiger partial charge >= 0.3 is 0 Å². The molecule has 2 aliphatic heterocycles. The molecular weight excluding hydrogens is 202 g/mol.